The van der Waals surface area contributed by atoms with E-state index in [1.165, 1.54) is 16.7 Å². The SMILES string of the molecule is CCc1cccc2c1CCOC2C1=NCCN1.O=S(=O)([O-])[O-]. The number of fused-ring (bicyclic) bond motifs is 1. The summed E-state index contributed by atoms with van der Waals surface area (Å²) in [6.07, 6.45) is 2.16. The highest BCUT2D eigenvalue weighted by Crippen LogP contribution is 2.30. The number of amidine groups is 1. The van der Waals surface area contributed by atoms with Crippen molar-refractivity contribution in [3.8, 4) is 0 Å². The Kier molecular flexibility index (Phi) is 5.52. The van der Waals surface area contributed by atoms with Crippen molar-refractivity contribution in [2.45, 2.75) is 25.9 Å². The molecule has 0 aromatic heterocycles. The lowest BCUT2D eigenvalue weighted by Crippen LogP contribution is -2.31. The smallest absolute Gasteiger partial charge is 0.140 e. The number of aliphatic imine (C=N–C) groups is 1. The highest BCUT2D eigenvalue weighted by molar-refractivity contribution is 7.79. The van der Waals surface area contributed by atoms with E-state index < -0.39 is 10.4 Å². The molecule has 1 unspecified atom stereocenters. The molecule has 2 aliphatic heterocycles. The predicted octanol–water partition coefficient (Wildman–Crippen LogP) is 0.527. The molecule has 0 saturated heterocycles. The third-order valence-electron chi connectivity index (χ3n) is 3.56. The summed E-state index contributed by atoms with van der Waals surface area (Å²) in [6, 6.07) is 6.54. The van der Waals surface area contributed by atoms with Crippen molar-refractivity contribution in [1.29, 1.82) is 0 Å². The van der Waals surface area contributed by atoms with Gasteiger partial charge in [0.15, 0.2) is 0 Å². The maximum Gasteiger partial charge on any atom is 0.140 e. The molecule has 0 fully saturated rings. The molecule has 1 atom stereocenters. The van der Waals surface area contributed by atoms with Crippen LogP contribution >= 0.6 is 0 Å². The van der Waals surface area contributed by atoms with Gasteiger partial charge in [0, 0.05) is 16.9 Å². The molecule has 122 valence electrons. The van der Waals surface area contributed by atoms with Gasteiger partial charge in [-0.1, -0.05) is 25.1 Å². The normalized spacial score (nSPS) is 20.3. The van der Waals surface area contributed by atoms with Crippen molar-refractivity contribution in [2.75, 3.05) is 19.7 Å². The summed E-state index contributed by atoms with van der Waals surface area (Å²) < 4.78 is 40.0. The topological polar surface area (TPSA) is 114 Å². The Morgan fingerprint density at radius 3 is 2.73 bits per heavy atom. The summed E-state index contributed by atoms with van der Waals surface area (Å²) in [7, 11) is -5.17. The van der Waals surface area contributed by atoms with Gasteiger partial charge >= 0.3 is 0 Å². The molecule has 1 aromatic rings. The van der Waals surface area contributed by atoms with E-state index in [9.17, 15) is 0 Å². The van der Waals surface area contributed by atoms with Gasteiger partial charge in [0.2, 0.25) is 0 Å². The van der Waals surface area contributed by atoms with Crippen LogP contribution in [0.25, 0.3) is 0 Å². The monoisotopic (exact) mass is 326 g/mol. The van der Waals surface area contributed by atoms with E-state index in [1.54, 1.807) is 0 Å². The van der Waals surface area contributed by atoms with Crippen LogP contribution in [0.3, 0.4) is 0 Å². The molecule has 0 radical (unpaired) electrons. The standard InChI is InChI=1S/C14H18N2O.H2O4S/c1-2-10-4-3-5-12-11(10)6-9-17-13(12)14-15-7-8-16-14;1-5(2,3)4/h3-5,13H,2,6-9H2,1H3,(H,15,16);(H2,1,2,3,4)/p-2. The predicted molar refractivity (Wildman–Crippen MR) is 79.0 cm³/mol. The van der Waals surface area contributed by atoms with Crippen molar-refractivity contribution < 1.29 is 22.3 Å². The summed E-state index contributed by atoms with van der Waals surface area (Å²) in [4.78, 5) is 4.49. The molecule has 0 spiro atoms. The number of rotatable bonds is 2. The van der Waals surface area contributed by atoms with Crippen LogP contribution in [0, 0.1) is 0 Å². The first-order valence-electron chi connectivity index (χ1n) is 7.07. The number of benzene rings is 1. The van der Waals surface area contributed by atoms with Crippen molar-refractivity contribution in [1.82, 2.24) is 5.32 Å². The van der Waals surface area contributed by atoms with Gasteiger partial charge in [0.05, 0.1) is 13.2 Å². The summed E-state index contributed by atoms with van der Waals surface area (Å²) in [5, 5.41) is 3.33. The average Bonchev–Trinajstić information content (AvgIpc) is 2.98. The van der Waals surface area contributed by atoms with Gasteiger partial charge in [-0.15, -0.1) is 0 Å². The molecule has 7 nitrogen and oxygen atoms in total. The van der Waals surface area contributed by atoms with Gasteiger partial charge in [0.1, 0.15) is 11.9 Å². The molecule has 2 heterocycles. The second kappa shape index (κ2) is 7.19. The number of nitrogens with zero attached hydrogens (tertiary/aromatic N) is 1. The molecule has 2 aliphatic rings. The Bertz CT molecular complexity index is 649. The van der Waals surface area contributed by atoms with Crippen LogP contribution in [0.1, 0.15) is 29.7 Å². The second-order valence-electron chi connectivity index (χ2n) is 4.94. The van der Waals surface area contributed by atoms with Crippen molar-refractivity contribution in [3.63, 3.8) is 0 Å². The quantitative estimate of drug-likeness (QED) is 0.626. The van der Waals surface area contributed by atoms with Crippen LogP contribution < -0.4 is 5.32 Å². The molecule has 3 rings (SSSR count). The van der Waals surface area contributed by atoms with Crippen LogP contribution in [-0.4, -0.2) is 43.1 Å². The largest absolute Gasteiger partial charge is 0.759 e. The average molecular weight is 326 g/mol. The van der Waals surface area contributed by atoms with E-state index in [0.717, 1.165) is 38.4 Å². The fourth-order valence-electron chi connectivity index (χ4n) is 2.72. The fraction of sp³-hybridized carbons (Fsp3) is 0.500. The Morgan fingerprint density at radius 2 is 2.14 bits per heavy atom. The summed E-state index contributed by atoms with van der Waals surface area (Å²) in [5.41, 5.74) is 4.24. The first-order chi connectivity index (χ1) is 10.4. The zero-order chi connectivity index (χ0) is 16.2. The van der Waals surface area contributed by atoms with E-state index in [-0.39, 0.29) is 6.10 Å². The number of hydrogen-bond acceptors (Lipinski definition) is 7. The first-order valence-corrected chi connectivity index (χ1v) is 8.40. The van der Waals surface area contributed by atoms with Crippen LogP contribution in [0.5, 0.6) is 0 Å². The molecule has 0 amide bonds. The van der Waals surface area contributed by atoms with Crippen molar-refractivity contribution in [2.24, 2.45) is 4.99 Å². The Balaban J connectivity index is 0.000000309. The minimum Gasteiger partial charge on any atom is -0.759 e. The summed E-state index contributed by atoms with van der Waals surface area (Å²) >= 11 is 0. The molecule has 8 heteroatoms. The van der Waals surface area contributed by atoms with Crippen LogP contribution in [0.2, 0.25) is 0 Å². The Labute approximate surface area is 130 Å². The van der Waals surface area contributed by atoms with Crippen LogP contribution in [0.4, 0.5) is 0 Å². The van der Waals surface area contributed by atoms with Gasteiger partial charge in [-0.05, 0) is 29.5 Å². The van der Waals surface area contributed by atoms with Gasteiger partial charge < -0.3 is 19.2 Å². The van der Waals surface area contributed by atoms with Crippen molar-refractivity contribution >= 4 is 16.2 Å². The lowest BCUT2D eigenvalue weighted by Gasteiger charge is -2.27. The van der Waals surface area contributed by atoms with Gasteiger partial charge in [0.25, 0.3) is 0 Å². The van der Waals surface area contributed by atoms with E-state index in [0.29, 0.717) is 0 Å². The molecule has 0 saturated carbocycles. The number of hydrogen-bond donors (Lipinski definition) is 1. The van der Waals surface area contributed by atoms with E-state index >= 15 is 0 Å². The molecular weight excluding hydrogens is 308 g/mol. The molecular formula is C14H18N2O5S-2. The van der Waals surface area contributed by atoms with Gasteiger partial charge in [-0.3, -0.25) is 13.4 Å². The molecule has 22 heavy (non-hydrogen) atoms. The summed E-state index contributed by atoms with van der Waals surface area (Å²) in [5.74, 6) is 1.01. The van der Waals surface area contributed by atoms with E-state index in [4.69, 9.17) is 22.3 Å². The van der Waals surface area contributed by atoms with E-state index in [1.807, 2.05) is 0 Å². The van der Waals surface area contributed by atoms with Gasteiger partial charge in [-0.25, -0.2) is 0 Å². The third kappa shape index (κ3) is 4.51. The Hall–Kier alpha value is -1.48. The second-order valence-corrected chi connectivity index (χ2v) is 5.76. The van der Waals surface area contributed by atoms with Crippen LogP contribution in [-0.2, 0) is 28.0 Å². The Morgan fingerprint density at radius 1 is 1.41 bits per heavy atom. The number of aryl methyl sites for hydroxylation is 1. The van der Waals surface area contributed by atoms with Crippen LogP contribution in [0.15, 0.2) is 23.2 Å². The molecule has 0 bridgehead atoms. The zero-order valence-corrected chi connectivity index (χ0v) is 13.1. The molecule has 1 aromatic carbocycles. The fourth-order valence-corrected chi connectivity index (χ4v) is 2.72. The van der Waals surface area contributed by atoms with Crippen molar-refractivity contribution in [3.05, 3.63) is 34.9 Å². The highest BCUT2D eigenvalue weighted by atomic mass is 32.3. The highest BCUT2D eigenvalue weighted by Gasteiger charge is 2.27. The van der Waals surface area contributed by atoms with E-state index in [2.05, 4.69) is 35.4 Å². The third-order valence-corrected chi connectivity index (χ3v) is 3.56. The maximum atomic E-state index is 8.52. The molecule has 0 aliphatic carbocycles. The maximum absolute atomic E-state index is 8.52. The molecule has 1 N–H and O–H groups in total. The minimum absolute atomic E-state index is 0.0350. The lowest BCUT2D eigenvalue weighted by molar-refractivity contribution is 0.0857. The zero-order valence-electron chi connectivity index (χ0n) is 12.2. The first kappa shape index (κ1) is 16.9. The minimum atomic E-state index is -5.17. The number of ether oxygens (including phenoxy) is 1. The summed E-state index contributed by atoms with van der Waals surface area (Å²) in [6.45, 7) is 4.83. The number of nitrogens with one attached hydrogen (secondary N) is 1. The van der Waals surface area contributed by atoms with Gasteiger partial charge in [-0.2, -0.15) is 0 Å². The lowest BCUT2D eigenvalue weighted by atomic mass is 9.91.